The van der Waals surface area contributed by atoms with Gasteiger partial charge >= 0.3 is 0 Å². The van der Waals surface area contributed by atoms with Crippen molar-refractivity contribution < 1.29 is 0 Å². The quantitative estimate of drug-likeness (QED) is 0.431. The number of likely N-dealkylation sites (N-methyl/N-ethyl adjacent to an activating group) is 1. The summed E-state index contributed by atoms with van der Waals surface area (Å²) in [7, 11) is 4.17. The Kier molecular flexibility index (Phi) is 9.90. The van der Waals surface area contributed by atoms with Crippen molar-refractivity contribution in [3.63, 3.8) is 0 Å². The first-order valence-electron chi connectivity index (χ1n) is 9.05. The second kappa shape index (κ2) is 11.5. The molecule has 0 N–H and O–H groups in total. The molecular formula is C21H35N. The molecule has 0 aliphatic heterocycles. The lowest BCUT2D eigenvalue weighted by atomic mass is 10.0. The average molecular weight is 302 g/mol. The molecular weight excluding hydrogens is 266 g/mol. The predicted octanol–water partition coefficient (Wildman–Crippen LogP) is 5.94. The van der Waals surface area contributed by atoms with Crippen LogP contribution in [0.4, 0.5) is 0 Å². The molecule has 0 amide bonds. The van der Waals surface area contributed by atoms with Gasteiger partial charge in [0.25, 0.3) is 0 Å². The van der Waals surface area contributed by atoms with Crippen molar-refractivity contribution in [1.29, 1.82) is 0 Å². The van der Waals surface area contributed by atoms with E-state index in [1.807, 2.05) is 0 Å². The molecule has 0 saturated heterocycles. The molecule has 0 atom stereocenters. The minimum Gasteiger partial charge on any atom is -0.305 e. The normalized spacial score (nSPS) is 11.1. The fraction of sp³-hybridized carbons (Fsp3) is 0.619. The van der Waals surface area contributed by atoms with Gasteiger partial charge in [0, 0.05) is 6.54 Å². The van der Waals surface area contributed by atoms with Crippen LogP contribution in [0.15, 0.2) is 30.8 Å². The summed E-state index contributed by atoms with van der Waals surface area (Å²) in [6.07, 6.45) is 12.3. The zero-order valence-electron chi connectivity index (χ0n) is 15.0. The Bertz CT molecular complexity index is 402. The second-order valence-electron chi connectivity index (χ2n) is 6.76. The summed E-state index contributed by atoms with van der Waals surface area (Å²) in [5.41, 5.74) is 3.93. The first kappa shape index (κ1) is 19.0. The number of aryl methyl sites for hydroxylation is 1. The van der Waals surface area contributed by atoms with Crippen LogP contribution in [-0.2, 0) is 6.42 Å². The summed E-state index contributed by atoms with van der Waals surface area (Å²) in [5.74, 6) is 0. The van der Waals surface area contributed by atoms with E-state index in [2.05, 4.69) is 56.8 Å². The Labute approximate surface area is 138 Å². The fourth-order valence-electron chi connectivity index (χ4n) is 2.84. The predicted molar refractivity (Wildman–Crippen MR) is 100 cm³/mol. The van der Waals surface area contributed by atoms with E-state index in [1.54, 1.807) is 0 Å². The van der Waals surface area contributed by atoms with Crippen molar-refractivity contribution in [2.75, 3.05) is 20.6 Å². The highest BCUT2D eigenvalue weighted by Crippen LogP contribution is 2.16. The van der Waals surface area contributed by atoms with Crippen molar-refractivity contribution in [3.8, 4) is 0 Å². The highest BCUT2D eigenvalue weighted by atomic mass is 15.0. The van der Waals surface area contributed by atoms with E-state index < -0.39 is 0 Å². The van der Waals surface area contributed by atoms with Crippen LogP contribution in [-0.4, -0.2) is 25.5 Å². The van der Waals surface area contributed by atoms with E-state index in [1.165, 1.54) is 74.5 Å². The van der Waals surface area contributed by atoms with Crippen molar-refractivity contribution in [1.82, 2.24) is 4.90 Å². The van der Waals surface area contributed by atoms with Gasteiger partial charge in [-0.1, -0.05) is 82.7 Å². The first-order valence-corrected chi connectivity index (χ1v) is 9.05. The summed E-state index contributed by atoms with van der Waals surface area (Å²) in [6.45, 7) is 7.38. The number of hydrogen-bond donors (Lipinski definition) is 0. The maximum atomic E-state index is 4.17. The second-order valence-corrected chi connectivity index (χ2v) is 6.76. The van der Waals surface area contributed by atoms with Crippen LogP contribution < -0.4 is 0 Å². The highest BCUT2D eigenvalue weighted by Gasteiger charge is 2.01. The molecule has 1 aromatic carbocycles. The van der Waals surface area contributed by atoms with Gasteiger partial charge in [-0.3, -0.25) is 0 Å². The molecule has 124 valence electrons. The van der Waals surface area contributed by atoms with Crippen molar-refractivity contribution in [2.45, 2.75) is 64.7 Å². The van der Waals surface area contributed by atoms with Crippen LogP contribution in [0, 0.1) is 0 Å². The number of unbranched alkanes of at least 4 members (excludes halogenated alkanes) is 7. The van der Waals surface area contributed by atoms with Gasteiger partial charge in [0.15, 0.2) is 0 Å². The van der Waals surface area contributed by atoms with Gasteiger partial charge in [-0.2, -0.15) is 0 Å². The third kappa shape index (κ3) is 8.38. The summed E-state index contributed by atoms with van der Waals surface area (Å²) in [5, 5.41) is 0. The van der Waals surface area contributed by atoms with Gasteiger partial charge in [-0.25, -0.2) is 0 Å². The van der Waals surface area contributed by atoms with E-state index in [9.17, 15) is 0 Å². The molecule has 0 aliphatic carbocycles. The van der Waals surface area contributed by atoms with Crippen molar-refractivity contribution >= 4 is 5.57 Å². The smallest absolute Gasteiger partial charge is 0.0227 e. The Morgan fingerprint density at radius 2 is 1.41 bits per heavy atom. The van der Waals surface area contributed by atoms with Gasteiger partial charge in [-0.05, 0) is 43.6 Å². The molecule has 0 heterocycles. The van der Waals surface area contributed by atoms with Gasteiger partial charge < -0.3 is 4.90 Å². The van der Waals surface area contributed by atoms with E-state index in [4.69, 9.17) is 0 Å². The number of rotatable bonds is 12. The highest BCUT2D eigenvalue weighted by molar-refractivity contribution is 5.64. The van der Waals surface area contributed by atoms with Gasteiger partial charge in [0.1, 0.15) is 0 Å². The van der Waals surface area contributed by atoms with Crippen molar-refractivity contribution in [3.05, 3.63) is 42.0 Å². The lowest BCUT2D eigenvalue weighted by Crippen LogP contribution is -2.13. The summed E-state index contributed by atoms with van der Waals surface area (Å²) < 4.78 is 0. The SMILES string of the molecule is C=C(CN(C)C)c1ccc(CCCCCCCCCC)cc1. The molecule has 1 nitrogen and oxygen atoms in total. The molecule has 1 rings (SSSR count). The average Bonchev–Trinajstić information content (AvgIpc) is 2.50. The Morgan fingerprint density at radius 3 is 1.95 bits per heavy atom. The van der Waals surface area contributed by atoms with Crippen LogP contribution in [0.5, 0.6) is 0 Å². The zero-order valence-corrected chi connectivity index (χ0v) is 15.0. The third-order valence-electron chi connectivity index (χ3n) is 4.19. The van der Waals surface area contributed by atoms with Crippen LogP contribution in [0.25, 0.3) is 5.57 Å². The maximum Gasteiger partial charge on any atom is 0.0227 e. The van der Waals surface area contributed by atoms with Crippen LogP contribution in [0.2, 0.25) is 0 Å². The Hall–Kier alpha value is -1.08. The molecule has 0 radical (unpaired) electrons. The van der Waals surface area contributed by atoms with E-state index in [0.29, 0.717) is 0 Å². The number of benzene rings is 1. The lowest BCUT2D eigenvalue weighted by Gasteiger charge is -2.12. The van der Waals surface area contributed by atoms with E-state index in [0.717, 1.165) is 6.54 Å². The molecule has 22 heavy (non-hydrogen) atoms. The molecule has 0 unspecified atom stereocenters. The Morgan fingerprint density at radius 1 is 0.864 bits per heavy atom. The summed E-state index contributed by atoms with van der Waals surface area (Å²) >= 11 is 0. The minimum absolute atomic E-state index is 0.928. The minimum atomic E-state index is 0.928. The summed E-state index contributed by atoms with van der Waals surface area (Å²) in [4.78, 5) is 2.16. The van der Waals surface area contributed by atoms with Gasteiger partial charge in [0.2, 0.25) is 0 Å². The topological polar surface area (TPSA) is 3.24 Å². The lowest BCUT2D eigenvalue weighted by molar-refractivity contribution is 0.463. The molecule has 0 fully saturated rings. The van der Waals surface area contributed by atoms with Crippen LogP contribution >= 0.6 is 0 Å². The van der Waals surface area contributed by atoms with E-state index >= 15 is 0 Å². The molecule has 0 spiro atoms. The molecule has 1 aromatic rings. The molecule has 0 bridgehead atoms. The molecule has 0 aromatic heterocycles. The third-order valence-corrected chi connectivity index (χ3v) is 4.19. The van der Waals surface area contributed by atoms with Crippen LogP contribution in [0.1, 0.15) is 69.4 Å². The fourth-order valence-corrected chi connectivity index (χ4v) is 2.84. The Balaban J connectivity index is 2.18. The molecule has 0 saturated carbocycles. The largest absolute Gasteiger partial charge is 0.305 e. The maximum absolute atomic E-state index is 4.17. The summed E-state index contributed by atoms with van der Waals surface area (Å²) in [6, 6.07) is 9.01. The van der Waals surface area contributed by atoms with Gasteiger partial charge in [0.05, 0.1) is 0 Å². The number of nitrogens with zero attached hydrogens (tertiary/aromatic N) is 1. The van der Waals surface area contributed by atoms with Crippen LogP contribution in [0.3, 0.4) is 0 Å². The van der Waals surface area contributed by atoms with Crippen molar-refractivity contribution in [2.24, 2.45) is 0 Å². The van der Waals surface area contributed by atoms with E-state index in [-0.39, 0.29) is 0 Å². The molecule has 1 heteroatoms. The monoisotopic (exact) mass is 301 g/mol. The standard InChI is InChI=1S/C21H35N/c1-5-6-7-8-9-10-11-12-13-20-14-16-21(17-15-20)19(2)18-22(3)4/h14-17H,2,5-13,18H2,1,3-4H3. The first-order chi connectivity index (χ1) is 10.6. The zero-order chi connectivity index (χ0) is 16.2. The number of hydrogen-bond acceptors (Lipinski definition) is 1. The molecule has 0 aliphatic rings. The van der Waals surface area contributed by atoms with Gasteiger partial charge in [-0.15, -0.1) is 0 Å².